The largest absolute Gasteiger partial charge is 0.398 e. The fraction of sp³-hybridized carbons (Fsp3) is 0.475. The molecular weight excluding hydrogens is 600 g/mol. The van der Waals surface area contributed by atoms with Crippen molar-refractivity contribution in [2.75, 3.05) is 25.4 Å². The average molecular weight is 655 g/mol. The molecular formula is C40H55ClN6. The molecule has 3 atom stereocenters. The van der Waals surface area contributed by atoms with E-state index in [1.165, 1.54) is 18.4 Å². The van der Waals surface area contributed by atoms with Gasteiger partial charge in [0.2, 0.25) is 0 Å². The number of aryl methyl sites for hydroxylation is 1. The first kappa shape index (κ1) is 36.5. The second kappa shape index (κ2) is 16.2. The van der Waals surface area contributed by atoms with Crippen LogP contribution >= 0.6 is 11.6 Å². The van der Waals surface area contributed by atoms with Crippen molar-refractivity contribution in [2.24, 2.45) is 16.3 Å². The van der Waals surface area contributed by atoms with Gasteiger partial charge in [-0.05, 0) is 69.5 Å². The van der Waals surface area contributed by atoms with Gasteiger partial charge in [-0.1, -0.05) is 94.8 Å². The van der Waals surface area contributed by atoms with Crippen molar-refractivity contribution in [3.8, 4) is 22.4 Å². The number of likely N-dealkylation sites (tertiary alicyclic amines) is 1. The van der Waals surface area contributed by atoms with E-state index < -0.39 is 0 Å². The summed E-state index contributed by atoms with van der Waals surface area (Å²) in [6, 6.07) is 12.7. The SMILES string of the molecule is C=C(C)CCC(C)CNCC(=C)N=CC(C)c1cccc(-c2cccc(-c3cnc(CN4CCCC4C(C)(C)C)c(C)n3)c2Cl)c1N. The van der Waals surface area contributed by atoms with Crippen LogP contribution in [0.2, 0.25) is 5.02 Å². The maximum atomic E-state index is 7.11. The van der Waals surface area contributed by atoms with Gasteiger partial charge in [-0.15, -0.1) is 6.58 Å². The fourth-order valence-electron chi connectivity index (χ4n) is 6.53. The molecule has 1 saturated heterocycles. The number of halogens is 1. The lowest BCUT2D eigenvalue weighted by Gasteiger charge is -2.35. The zero-order chi connectivity index (χ0) is 34.3. The predicted octanol–water partition coefficient (Wildman–Crippen LogP) is 9.64. The van der Waals surface area contributed by atoms with Crippen molar-refractivity contribution in [3.05, 3.63) is 89.0 Å². The van der Waals surface area contributed by atoms with Gasteiger partial charge < -0.3 is 11.1 Å². The Hall–Kier alpha value is -3.32. The number of nitrogens with one attached hydrogen (secondary N) is 1. The molecule has 1 fully saturated rings. The zero-order valence-electron chi connectivity index (χ0n) is 29.7. The van der Waals surface area contributed by atoms with Gasteiger partial charge in [-0.25, -0.2) is 4.98 Å². The van der Waals surface area contributed by atoms with Gasteiger partial charge in [-0.2, -0.15) is 0 Å². The first-order chi connectivity index (χ1) is 22.3. The van der Waals surface area contributed by atoms with E-state index in [2.05, 4.69) is 76.0 Å². The number of benzene rings is 2. The second-order valence-electron chi connectivity index (χ2n) is 14.6. The molecule has 0 bridgehead atoms. The van der Waals surface area contributed by atoms with Gasteiger partial charge in [0.25, 0.3) is 0 Å². The van der Waals surface area contributed by atoms with Crippen LogP contribution in [0.1, 0.15) is 90.1 Å². The second-order valence-corrected chi connectivity index (χ2v) is 15.0. The number of hydrogen-bond donors (Lipinski definition) is 2. The summed E-state index contributed by atoms with van der Waals surface area (Å²) in [4.78, 5) is 17.1. The van der Waals surface area contributed by atoms with Crippen LogP contribution in [0.15, 0.2) is 72.0 Å². The van der Waals surface area contributed by atoms with E-state index in [9.17, 15) is 0 Å². The number of rotatable bonds is 14. The minimum absolute atomic E-state index is 0.00213. The number of anilines is 1. The standard InChI is InChI=1S/C40H55ClN6/c1-26(2)18-19-27(3)21-43-23-29(5)44-22-28(4)31-13-10-15-33(39(31)42)32-14-11-16-34(38(32)41)35-24-45-36(30(6)46-35)25-47-20-12-17-37(47)40(7,8)9/h10-11,13-16,22,24,27-28,37,43H,1,5,12,17-21,23,25,42H2,2-4,6-9H3. The molecule has 0 saturated carbocycles. The van der Waals surface area contributed by atoms with E-state index >= 15 is 0 Å². The van der Waals surface area contributed by atoms with Crippen LogP contribution in [-0.2, 0) is 6.54 Å². The van der Waals surface area contributed by atoms with Crippen molar-refractivity contribution in [2.45, 2.75) is 92.7 Å². The number of nitrogens with zero attached hydrogens (tertiary/aromatic N) is 4. The van der Waals surface area contributed by atoms with E-state index in [1.807, 2.05) is 49.7 Å². The maximum absolute atomic E-state index is 7.11. The Morgan fingerprint density at radius 1 is 1.15 bits per heavy atom. The highest BCUT2D eigenvalue weighted by Crippen LogP contribution is 2.40. The molecule has 1 aliphatic heterocycles. The lowest BCUT2D eigenvalue weighted by Crippen LogP contribution is -2.39. The minimum Gasteiger partial charge on any atom is -0.398 e. The van der Waals surface area contributed by atoms with Gasteiger partial charge in [0.1, 0.15) is 0 Å². The van der Waals surface area contributed by atoms with E-state index in [0.29, 0.717) is 29.2 Å². The fourth-order valence-corrected chi connectivity index (χ4v) is 6.86. The molecule has 0 spiro atoms. The topological polar surface area (TPSA) is 79.4 Å². The molecule has 3 aromatic rings. The Morgan fingerprint density at radius 3 is 2.55 bits per heavy atom. The highest BCUT2D eigenvalue weighted by Gasteiger charge is 2.34. The molecule has 1 aliphatic rings. The van der Waals surface area contributed by atoms with Crippen molar-refractivity contribution in [3.63, 3.8) is 0 Å². The summed E-state index contributed by atoms with van der Waals surface area (Å²) in [6.45, 7) is 27.1. The molecule has 0 radical (unpaired) electrons. The maximum Gasteiger partial charge on any atom is 0.0903 e. The van der Waals surface area contributed by atoms with Crippen molar-refractivity contribution in [1.29, 1.82) is 0 Å². The third-order valence-corrected chi connectivity index (χ3v) is 9.73. The summed E-state index contributed by atoms with van der Waals surface area (Å²) in [7, 11) is 0. The highest BCUT2D eigenvalue weighted by atomic mass is 35.5. The zero-order valence-corrected chi connectivity index (χ0v) is 30.4. The minimum atomic E-state index is -0.00213. The van der Waals surface area contributed by atoms with E-state index in [-0.39, 0.29) is 11.3 Å². The summed E-state index contributed by atoms with van der Waals surface area (Å²) in [6.07, 6.45) is 8.44. The van der Waals surface area contributed by atoms with E-state index in [0.717, 1.165) is 77.5 Å². The number of para-hydroxylation sites is 1. The number of nitrogens with two attached hydrogens (primary N) is 1. The van der Waals surface area contributed by atoms with Gasteiger partial charge in [-0.3, -0.25) is 14.9 Å². The van der Waals surface area contributed by atoms with Crippen molar-refractivity contribution in [1.82, 2.24) is 20.2 Å². The summed E-state index contributed by atoms with van der Waals surface area (Å²) in [5.41, 5.74) is 16.1. The lowest BCUT2D eigenvalue weighted by molar-refractivity contribution is 0.133. The average Bonchev–Trinajstić information content (AvgIpc) is 3.49. The monoisotopic (exact) mass is 654 g/mol. The Bertz CT molecular complexity index is 1590. The van der Waals surface area contributed by atoms with Crippen LogP contribution in [0.25, 0.3) is 22.4 Å². The Labute approximate surface area is 288 Å². The molecule has 2 heterocycles. The number of aromatic nitrogens is 2. The van der Waals surface area contributed by atoms with Gasteiger partial charge in [0.15, 0.2) is 0 Å². The summed E-state index contributed by atoms with van der Waals surface area (Å²) in [5.74, 6) is 0.574. The molecule has 3 N–H and O–H groups in total. The first-order valence-corrected chi connectivity index (χ1v) is 17.4. The molecule has 3 unspecified atom stereocenters. The molecule has 1 aromatic heterocycles. The van der Waals surface area contributed by atoms with Crippen molar-refractivity contribution < 1.29 is 0 Å². The van der Waals surface area contributed by atoms with E-state index in [4.69, 9.17) is 27.3 Å². The molecule has 0 amide bonds. The number of allylic oxidation sites excluding steroid dienone is 1. The number of aliphatic imine (C=N–C) groups is 1. The summed E-state index contributed by atoms with van der Waals surface area (Å²) in [5, 5.41) is 4.09. The highest BCUT2D eigenvalue weighted by molar-refractivity contribution is 6.36. The molecule has 252 valence electrons. The Kier molecular flexibility index (Phi) is 12.6. The first-order valence-electron chi connectivity index (χ1n) is 17.1. The molecule has 47 heavy (non-hydrogen) atoms. The van der Waals surface area contributed by atoms with Crippen LogP contribution < -0.4 is 11.1 Å². The van der Waals surface area contributed by atoms with Crippen LogP contribution in [0.5, 0.6) is 0 Å². The quantitative estimate of drug-likeness (QED) is 0.103. The number of nitrogen functional groups attached to an aromatic ring is 1. The Balaban J connectivity index is 1.47. The summed E-state index contributed by atoms with van der Waals surface area (Å²) < 4.78 is 0. The van der Waals surface area contributed by atoms with Crippen LogP contribution in [0.3, 0.4) is 0 Å². The van der Waals surface area contributed by atoms with E-state index in [1.54, 1.807) is 0 Å². The van der Waals surface area contributed by atoms with Gasteiger partial charge in [0, 0.05) is 59.3 Å². The number of hydrogen-bond acceptors (Lipinski definition) is 6. The predicted molar refractivity (Wildman–Crippen MR) is 202 cm³/mol. The molecule has 6 nitrogen and oxygen atoms in total. The lowest BCUT2D eigenvalue weighted by atomic mass is 9.85. The van der Waals surface area contributed by atoms with Gasteiger partial charge in [0.05, 0.1) is 28.3 Å². The van der Waals surface area contributed by atoms with Crippen LogP contribution in [0, 0.1) is 18.3 Å². The molecule has 2 aromatic carbocycles. The van der Waals surface area contributed by atoms with Crippen LogP contribution in [0.4, 0.5) is 5.69 Å². The molecule has 0 aliphatic carbocycles. The third-order valence-electron chi connectivity index (χ3n) is 9.33. The molecule has 4 rings (SSSR count). The molecule has 7 heteroatoms. The van der Waals surface area contributed by atoms with Crippen molar-refractivity contribution >= 4 is 23.5 Å². The summed E-state index contributed by atoms with van der Waals surface area (Å²) >= 11 is 7.11. The van der Waals surface area contributed by atoms with Crippen LogP contribution in [-0.4, -0.2) is 46.8 Å². The Morgan fingerprint density at radius 2 is 1.85 bits per heavy atom. The smallest absolute Gasteiger partial charge is 0.0903 e. The normalized spacial score (nSPS) is 16.9. The third kappa shape index (κ3) is 9.62. The van der Waals surface area contributed by atoms with Gasteiger partial charge >= 0.3 is 0 Å².